The number of anilines is 1. The maximum Gasteiger partial charge on any atom is 0.223 e. The molecule has 2 fully saturated rings. The Hall–Kier alpha value is -2.17. The molecule has 24 heavy (non-hydrogen) atoms. The molecule has 2 aliphatic rings. The summed E-state index contributed by atoms with van der Waals surface area (Å²) in [7, 11) is 0. The highest BCUT2D eigenvalue weighted by Crippen LogP contribution is 2.33. The Morgan fingerprint density at radius 3 is 2.75 bits per heavy atom. The first kappa shape index (κ1) is 15.4. The monoisotopic (exact) mass is 327 g/mol. The van der Waals surface area contributed by atoms with Crippen LogP contribution in [0.4, 0.5) is 10.1 Å². The van der Waals surface area contributed by atoms with Gasteiger partial charge in [0.05, 0.1) is 12.1 Å². The van der Waals surface area contributed by atoms with Gasteiger partial charge >= 0.3 is 0 Å². The van der Waals surface area contributed by atoms with Crippen LogP contribution in [0, 0.1) is 5.92 Å². The molecule has 4 nitrogen and oxygen atoms in total. The van der Waals surface area contributed by atoms with Gasteiger partial charge in [-0.2, -0.15) is 0 Å². The molecule has 1 saturated carbocycles. The Morgan fingerprint density at radius 1 is 1.25 bits per heavy atom. The lowest BCUT2D eigenvalue weighted by Crippen LogP contribution is -2.48. The van der Waals surface area contributed by atoms with Crippen molar-refractivity contribution in [3.63, 3.8) is 0 Å². The topological polar surface area (TPSA) is 45.2 Å². The molecule has 1 aliphatic carbocycles. The average molecular weight is 327 g/mol. The zero-order valence-corrected chi connectivity index (χ0v) is 13.7. The maximum atomic E-state index is 15.0. The van der Waals surface area contributed by atoms with E-state index in [9.17, 15) is 9.18 Å². The van der Waals surface area contributed by atoms with Crippen molar-refractivity contribution < 1.29 is 9.18 Å². The summed E-state index contributed by atoms with van der Waals surface area (Å²) < 4.78 is 15.0. The number of nitrogens with one attached hydrogen (secondary N) is 1. The minimum Gasteiger partial charge on any atom is -0.371 e. The van der Waals surface area contributed by atoms with Crippen molar-refractivity contribution in [3.8, 4) is 0 Å². The van der Waals surface area contributed by atoms with Crippen LogP contribution in [0.5, 0.6) is 0 Å². The first-order valence-electron chi connectivity index (χ1n) is 8.70. The third kappa shape index (κ3) is 3.07. The number of carbonyl (C=O) groups excluding carboxylic acids is 1. The highest BCUT2D eigenvalue weighted by molar-refractivity contribution is 5.91. The van der Waals surface area contributed by atoms with Crippen molar-refractivity contribution in [2.24, 2.45) is 5.92 Å². The number of aromatic nitrogens is 1. The number of fused-ring (bicyclic) bond motifs is 1. The Balaban J connectivity index is 1.42. The second kappa shape index (κ2) is 6.04. The van der Waals surface area contributed by atoms with Crippen molar-refractivity contribution in [1.82, 2.24) is 10.3 Å². The van der Waals surface area contributed by atoms with Gasteiger partial charge < -0.3 is 10.2 Å². The molecule has 5 heteroatoms. The molecule has 1 aromatic heterocycles. The molecular formula is C19H22FN3O. The average Bonchev–Trinajstić information content (AvgIpc) is 3.45. The molecule has 2 heterocycles. The van der Waals surface area contributed by atoms with E-state index in [-0.39, 0.29) is 18.4 Å². The number of piperidine rings is 1. The number of hydrogen-bond acceptors (Lipinski definition) is 3. The fourth-order valence-electron chi connectivity index (χ4n) is 3.42. The van der Waals surface area contributed by atoms with Gasteiger partial charge in [0.2, 0.25) is 5.91 Å². The number of rotatable bonds is 4. The number of pyridine rings is 1. The van der Waals surface area contributed by atoms with Gasteiger partial charge in [0.25, 0.3) is 0 Å². The van der Waals surface area contributed by atoms with E-state index >= 15 is 0 Å². The minimum atomic E-state index is -1.29. The van der Waals surface area contributed by atoms with E-state index in [0.29, 0.717) is 25.9 Å². The van der Waals surface area contributed by atoms with Crippen molar-refractivity contribution in [3.05, 3.63) is 36.5 Å². The van der Waals surface area contributed by atoms with Crippen LogP contribution >= 0.6 is 0 Å². The summed E-state index contributed by atoms with van der Waals surface area (Å²) in [4.78, 5) is 18.3. The molecule has 126 valence electrons. The van der Waals surface area contributed by atoms with E-state index in [1.807, 2.05) is 30.5 Å². The largest absolute Gasteiger partial charge is 0.371 e. The van der Waals surface area contributed by atoms with E-state index in [0.717, 1.165) is 29.4 Å². The van der Waals surface area contributed by atoms with E-state index in [1.165, 1.54) is 0 Å². The third-order valence-corrected chi connectivity index (χ3v) is 5.15. The summed E-state index contributed by atoms with van der Waals surface area (Å²) in [6.07, 6.45) is 4.59. The molecule has 4 rings (SSSR count). The SMILES string of the molecule is O=C(NCC1(F)CCN(c2ccnc3ccccc23)CC1)C1CC1. The van der Waals surface area contributed by atoms with Gasteiger partial charge in [-0.1, -0.05) is 18.2 Å². The molecule has 0 unspecified atom stereocenters. The number of nitrogens with zero attached hydrogens (tertiary/aromatic N) is 2. The zero-order chi connectivity index (χ0) is 16.6. The predicted molar refractivity (Wildman–Crippen MR) is 92.8 cm³/mol. The zero-order valence-electron chi connectivity index (χ0n) is 13.7. The number of benzene rings is 1. The summed E-state index contributed by atoms with van der Waals surface area (Å²) in [5.41, 5.74) is 0.789. The molecule has 0 radical (unpaired) electrons. The maximum absolute atomic E-state index is 15.0. The molecular weight excluding hydrogens is 305 g/mol. The molecule has 0 bridgehead atoms. The Labute approximate surface area is 141 Å². The number of para-hydroxylation sites is 1. The predicted octanol–water partition coefficient (Wildman–Crippen LogP) is 3.07. The van der Waals surface area contributed by atoms with Crippen LogP contribution in [0.1, 0.15) is 25.7 Å². The second-order valence-corrected chi connectivity index (χ2v) is 6.98. The molecule has 1 aromatic carbocycles. The standard InChI is InChI=1S/C19H22FN3O/c20-19(13-22-18(24)14-5-6-14)8-11-23(12-9-19)17-7-10-21-16-4-2-1-3-15(16)17/h1-4,7,10,14H,5-6,8-9,11-13H2,(H,22,24). The van der Waals surface area contributed by atoms with Gasteiger partial charge in [-0.25, -0.2) is 4.39 Å². The van der Waals surface area contributed by atoms with Crippen LogP contribution in [-0.2, 0) is 4.79 Å². The fourth-order valence-corrected chi connectivity index (χ4v) is 3.42. The molecule has 1 N–H and O–H groups in total. The first-order chi connectivity index (χ1) is 11.6. The van der Waals surface area contributed by atoms with Gasteiger partial charge in [-0.15, -0.1) is 0 Å². The number of hydrogen-bond donors (Lipinski definition) is 1. The molecule has 2 aromatic rings. The van der Waals surface area contributed by atoms with Crippen molar-refractivity contribution in [2.45, 2.75) is 31.4 Å². The Kier molecular flexibility index (Phi) is 3.87. The lowest BCUT2D eigenvalue weighted by Gasteiger charge is -2.38. The molecule has 1 amide bonds. The smallest absolute Gasteiger partial charge is 0.223 e. The number of carbonyl (C=O) groups is 1. The number of alkyl halides is 1. The summed E-state index contributed by atoms with van der Waals surface area (Å²) in [5.74, 6) is 0.159. The van der Waals surface area contributed by atoms with Crippen LogP contribution in [0.3, 0.4) is 0 Å². The first-order valence-corrected chi connectivity index (χ1v) is 8.70. The third-order valence-electron chi connectivity index (χ3n) is 5.15. The van der Waals surface area contributed by atoms with Crippen molar-refractivity contribution >= 4 is 22.5 Å². The normalized spacial score (nSPS) is 20.1. The van der Waals surface area contributed by atoms with Crippen LogP contribution in [-0.4, -0.2) is 36.2 Å². The molecule has 1 saturated heterocycles. The lowest BCUT2D eigenvalue weighted by atomic mass is 9.92. The van der Waals surface area contributed by atoms with Gasteiger partial charge in [0.15, 0.2) is 0 Å². The van der Waals surface area contributed by atoms with Crippen molar-refractivity contribution in [2.75, 3.05) is 24.5 Å². The van der Waals surface area contributed by atoms with Gasteiger partial charge in [0, 0.05) is 49.1 Å². The van der Waals surface area contributed by atoms with E-state index < -0.39 is 5.67 Å². The van der Waals surface area contributed by atoms with E-state index in [2.05, 4.69) is 21.3 Å². The van der Waals surface area contributed by atoms with Crippen LogP contribution < -0.4 is 10.2 Å². The second-order valence-electron chi connectivity index (χ2n) is 6.98. The van der Waals surface area contributed by atoms with Crippen LogP contribution in [0.15, 0.2) is 36.5 Å². The van der Waals surface area contributed by atoms with Gasteiger partial charge in [-0.3, -0.25) is 9.78 Å². The summed E-state index contributed by atoms with van der Waals surface area (Å²) in [6, 6.07) is 10.0. The van der Waals surface area contributed by atoms with Gasteiger partial charge in [0.1, 0.15) is 5.67 Å². The summed E-state index contributed by atoms with van der Waals surface area (Å²) in [5, 5.41) is 3.90. The van der Waals surface area contributed by atoms with E-state index in [4.69, 9.17) is 0 Å². The van der Waals surface area contributed by atoms with Crippen LogP contribution in [0.25, 0.3) is 10.9 Å². The highest BCUT2D eigenvalue weighted by Gasteiger charge is 2.37. The lowest BCUT2D eigenvalue weighted by molar-refractivity contribution is -0.123. The number of amides is 1. The number of halogens is 1. The molecule has 1 aliphatic heterocycles. The van der Waals surface area contributed by atoms with Crippen LogP contribution in [0.2, 0.25) is 0 Å². The van der Waals surface area contributed by atoms with Crippen molar-refractivity contribution in [1.29, 1.82) is 0 Å². The van der Waals surface area contributed by atoms with Gasteiger partial charge in [-0.05, 0) is 25.0 Å². The highest BCUT2D eigenvalue weighted by atomic mass is 19.1. The quantitative estimate of drug-likeness (QED) is 0.939. The minimum absolute atomic E-state index is 0.0228. The van der Waals surface area contributed by atoms with E-state index in [1.54, 1.807) is 0 Å². The Bertz CT molecular complexity index is 746. The molecule has 0 spiro atoms. The summed E-state index contributed by atoms with van der Waals surface area (Å²) >= 11 is 0. The molecule has 0 atom stereocenters. The Morgan fingerprint density at radius 2 is 2.00 bits per heavy atom. The fraction of sp³-hybridized carbons (Fsp3) is 0.474. The summed E-state index contributed by atoms with van der Waals surface area (Å²) in [6.45, 7) is 1.46.